The number of hydrogen-bond acceptors (Lipinski definition) is 5. The molecular weight excluding hydrogens is 244 g/mol. The van der Waals surface area contributed by atoms with Crippen LogP contribution in [0.25, 0.3) is 0 Å². The minimum Gasteiger partial charge on any atom is -0.380 e. The summed E-state index contributed by atoms with van der Waals surface area (Å²) in [5.41, 5.74) is 0.300. The van der Waals surface area contributed by atoms with Gasteiger partial charge in [0.05, 0.1) is 25.0 Å². The summed E-state index contributed by atoms with van der Waals surface area (Å²) in [5, 5.41) is 5.78. The lowest BCUT2D eigenvalue weighted by Crippen LogP contribution is -2.42. The highest BCUT2D eigenvalue weighted by molar-refractivity contribution is 5.92. The number of carbonyl (C=O) groups excluding carboxylic acids is 1. The SMILES string of the molecule is CCOCC(NC(=O)c1cncc(NC)n1)C(C)C. The van der Waals surface area contributed by atoms with Gasteiger partial charge in [-0.1, -0.05) is 13.8 Å². The molecule has 0 aliphatic carbocycles. The Labute approximate surface area is 114 Å². The molecule has 0 saturated carbocycles. The van der Waals surface area contributed by atoms with Crippen LogP contribution in [0.3, 0.4) is 0 Å². The zero-order valence-electron chi connectivity index (χ0n) is 11.9. The van der Waals surface area contributed by atoms with Crippen molar-refractivity contribution in [2.45, 2.75) is 26.8 Å². The van der Waals surface area contributed by atoms with Crippen LogP contribution in [-0.4, -0.2) is 42.2 Å². The average Bonchev–Trinajstić information content (AvgIpc) is 2.42. The number of ether oxygens (including phenoxy) is 1. The van der Waals surface area contributed by atoms with E-state index < -0.39 is 0 Å². The molecule has 6 heteroatoms. The quantitative estimate of drug-likeness (QED) is 0.778. The average molecular weight is 266 g/mol. The Hall–Kier alpha value is -1.69. The topological polar surface area (TPSA) is 76.1 Å². The Bertz CT molecular complexity index is 409. The number of rotatable bonds is 7. The smallest absolute Gasteiger partial charge is 0.271 e. The normalized spacial score (nSPS) is 12.3. The number of aromatic nitrogens is 2. The van der Waals surface area contributed by atoms with Gasteiger partial charge in [-0.2, -0.15) is 0 Å². The molecule has 106 valence electrons. The van der Waals surface area contributed by atoms with Crippen LogP contribution in [0.1, 0.15) is 31.3 Å². The van der Waals surface area contributed by atoms with Gasteiger partial charge in [-0.25, -0.2) is 4.98 Å². The van der Waals surface area contributed by atoms with Gasteiger partial charge in [0.15, 0.2) is 0 Å². The van der Waals surface area contributed by atoms with E-state index in [0.29, 0.717) is 24.7 Å². The van der Waals surface area contributed by atoms with E-state index in [1.807, 2.05) is 20.8 Å². The maximum atomic E-state index is 12.1. The monoisotopic (exact) mass is 266 g/mol. The van der Waals surface area contributed by atoms with Crippen molar-refractivity contribution in [3.63, 3.8) is 0 Å². The summed E-state index contributed by atoms with van der Waals surface area (Å²) in [7, 11) is 1.73. The molecule has 0 bridgehead atoms. The molecule has 1 aromatic rings. The lowest BCUT2D eigenvalue weighted by Gasteiger charge is -2.21. The second-order valence-corrected chi connectivity index (χ2v) is 4.52. The first-order chi connectivity index (χ1) is 9.08. The van der Waals surface area contributed by atoms with Gasteiger partial charge < -0.3 is 15.4 Å². The molecule has 0 aliphatic rings. The molecule has 0 fully saturated rings. The summed E-state index contributed by atoms with van der Waals surface area (Å²) in [4.78, 5) is 20.2. The van der Waals surface area contributed by atoms with E-state index in [1.54, 1.807) is 13.2 Å². The molecular formula is C13H22N4O2. The predicted octanol–water partition coefficient (Wildman–Crippen LogP) is 1.31. The van der Waals surface area contributed by atoms with Crippen molar-refractivity contribution >= 4 is 11.7 Å². The summed E-state index contributed by atoms with van der Waals surface area (Å²) in [6.45, 7) is 7.15. The molecule has 1 aromatic heterocycles. The number of hydrogen-bond donors (Lipinski definition) is 2. The van der Waals surface area contributed by atoms with E-state index >= 15 is 0 Å². The molecule has 2 N–H and O–H groups in total. The number of carbonyl (C=O) groups is 1. The Kier molecular flexibility index (Phi) is 6.21. The first-order valence-corrected chi connectivity index (χ1v) is 6.46. The zero-order valence-corrected chi connectivity index (χ0v) is 11.9. The largest absolute Gasteiger partial charge is 0.380 e. The van der Waals surface area contributed by atoms with Crippen LogP contribution in [-0.2, 0) is 4.74 Å². The summed E-state index contributed by atoms with van der Waals surface area (Å²) in [5.74, 6) is 0.623. The lowest BCUT2D eigenvalue weighted by atomic mass is 10.1. The van der Waals surface area contributed by atoms with Crippen LogP contribution in [0, 0.1) is 5.92 Å². The Morgan fingerprint density at radius 3 is 2.74 bits per heavy atom. The molecule has 0 spiro atoms. The van der Waals surface area contributed by atoms with Crippen molar-refractivity contribution in [1.29, 1.82) is 0 Å². The second kappa shape index (κ2) is 7.68. The van der Waals surface area contributed by atoms with E-state index in [9.17, 15) is 4.79 Å². The summed E-state index contributed by atoms with van der Waals surface area (Å²) >= 11 is 0. The molecule has 6 nitrogen and oxygen atoms in total. The molecule has 0 aliphatic heterocycles. The van der Waals surface area contributed by atoms with Crippen molar-refractivity contribution in [2.75, 3.05) is 25.6 Å². The molecule has 1 heterocycles. The summed E-state index contributed by atoms with van der Waals surface area (Å²) in [6.07, 6.45) is 3.02. The van der Waals surface area contributed by atoms with Crippen LogP contribution in [0.15, 0.2) is 12.4 Å². The van der Waals surface area contributed by atoms with Crippen LogP contribution in [0.4, 0.5) is 5.82 Å². The van der Waals surface area contributed by atoms with E-state index in [4.69, 9.17) is 4.74 Å². The van der Waals surface area contributed by atoms with Gasteiger partial charge >= 0.3 is 0 Å². The summed E-state index contributed by atoms with van der Waals surface area (Å²) in [6, 6.07) is -0.0347. The van der Waals surface area contributed by atoms with Crippen molar-refractivity contribution in [2.24, 2.45) is 5.92 Å². The number of nitrogens with zero attached hydrogens (tertiary/aromatic N) is 2. The Balaban J connectivity index is 2.69. The minimum absolute atomic E-state index is 0.0347. The number of amides is 1. The van der Waals surface area contributed by atoms with E-state index in [-0.39, 0.29) is 17.9 Å². The molecule has 0 aromatic carbocycles. The van der Waals surface area contributed by atoms with E-state index in [1.165, 1.54) is 6.20 Å². The molecule has 0 radical (unpaired) electrons. The molecule has 1 rings (SSSR count). The maximum Gasteiger partial charge on any atom is 0.271 e. The van der Waals surface area contributed by atoms with Crippen molar-refractivity contribution < 1.29 is 9.53 Å². The first kappa shape index (κ1) is 15.4. The Morgan fingerprint density at radius 2 is 2.16 bits per heavy atom. The molecule has 1 amide bonds. The third-order valence-corrected chi connectivity index (χ3v) is 2.75. The van der Waals surface area contributed by atoms with Crippen LogP contribution in [0.2, 0.25) is 0 Å². The maximum absolute atomic E-state index is 12.1. The van der Waals surface area contributed by atoms with Crippen molar-refractivity contribution in [1.82, 2.24) is 15.3 Å². The molecule has 0 saturated heterocycles. The first-order valence-electron chi connectivity index (χ1n) is 6.46. The Morgan fingerprint density at radius 1 is 1.42 bits per heavy atom. The van der Waals surface area contributed by atoms with Crippen LogP contribution in [0.5, 0.6) is 0 Å². The molecule has 1 atom stereocenters. The summed E-state index contributed by atoms with van der Waals surface area (Å²) < 4.78 is 5.38. The minimum atomic E-state index is -0.233. The molecule has 19 heavy (non-hydrogen) atoms. The van der Waals surface area contributed by atoms with Crippen molar-refractivity contribution in [3.8, 4) is 0 Å². The van der Waals surface area contributed by atoms with E-state index in [0.717, 1.165) is 0 Å². The highest BCUT2D eigenvalue weighted by atomic mass is 16.5. The third kappa shape index (κ3) is 4.82. The van der Waals surface area contributed by atoms with Gasteiger partial charge in [0.2, 0.25) is 0 Å². The van der Waals surface area contributed by atoms with Gasteiger partial charge in [0, 0.05) is 13.7 Å². The van der Waals surface area contributed by atoms with Gasteiger partial charge in [0.1, 0.15) is 11.5 Å². The van der Waals surface area contributed by atoms with E-state index in [2.05, 4.69) is 20.6 Å². The lowest BCUT2D eigenvalue weighted by molar-refractivity contribution is 0.0802. The van der Waals surface area contributed by atoms with Gasteiger partial charge in [-0.3, -0.25) is 9.78 Å². The third-order valence-electron chi connectivity index (χ3n) is 2.75. The molecule has 1 unspecified atom stereocenters. The zero-order chi connectivity index (χ0) is 14.3. The van der Waals surface area contributed by atoms with Crippen molar-refractivity contribution in [3.05, 3.63) is 18.1 Å². The highest BCUT2D eigenvalue weighted by Crippen LogP contribution is 2.05. The number of nitrogens with one attached hydrogen (secondary N) is 2. The fourth-order valence-electron chi connectivity index (χ4n) is 1.48. The van der Waals surface area contributed by atoms with Crippen LogP contribution >= 0.6 is 0 Å². The van der Waals surface area contributed by atoms with Gasteiger partial charge in [-0.05, 0) is 12.8 Å². The number of anilines is 1. The highest BCUT2D eigenvalue weighted by Gasteiger charge is 2.18. The standard InChI is InChI=1S/C13H22N4O2/c1-5-19-8-11(9(2)3)17-13(18)10-6-15-7-12(14-4)16-10/h6-7,9,11H,5,8H2,1-4H3,(H,14,16)(H,17,18). The van der Waals surface area contributed by atoms with Crippen LogP contribution < -0.4 is 10.6 Å². The predicted molar refractivity (Wildman–Crippen MR) is 74.2 cm³/mol. The fraction of sp³-hybridized carbons (Fsp3) is 0.615. The second-order valence-electron chi connectivity index (χ2n) is 4.52. The fourth-order valence-corrected chi connectivity index (χ4v) is 1.48. The van der Waals surface area contributed by atoms with Gasteiger partial charge in [-0.15, -0.1) is 0 Å². The van der Waals surface area contributed by atoms with Gasteiger partial charge in [0.25, 0.3) is 5.91 Å².